The molecule has 4 nitrogen and oxygen atoms in total. The monoisotopic (exact) mass is 318 g/mol. The van der Waals surface area contributed by atoms with E-state index >= 15 is 0 Å². The Morgan fingerprint density at radius 3 is 2.50 bits per heavy atom. The number of aliphatic hydroxyl groups excluding tert-OH is 1. The first-order valence-corrected chi connectivity index (χ1v) is 6.96. The van der Waals surface area contributed by atoms with Crippen LogP contribution in [0.1, 0.15) is 24.4 Å². The molecular weight excluding hydrogens is 299 g/mol. The van der Waals surface area contributed by atoms with Gasteiger partial charge in [-0.2, -0.15) is 0 Å². The van der Waals surface area contributed by atoms with Crippen LogP contribution in [0.3, 0.4) is 0 Å². The second-order valence-corrected chi connectivity index (χ2v) is 5.26. The van der Waals surface area contributed by atoms with Gasteiger partial charge in [0.1, 0.15) is 0 Å². The van der Waals surface area contributed by atoms with Gasteiger partial charge in [-0.05, 0) is 43.6 Å². The van der Waals surface area contributed by atoms with Crippen LogP contribution in [-0.4, -0.2) is 30.7 Å². The van der Waals surface area contributed by atoms with Crippen molar-refractivity contribution < 1.29 is 9.90 Å². The minimum atomic E-state index is -0.361. The summed E-state index contributed by atoms with van der Waals surface area (Å²) < 4.78 is 0. The summed E-state index contributed by atoms with van der Waals surface area (Å²) in [5, 5.41) is 16.2. The molecule has 112 valence electrons. The highest BCUT2D eigenvalue weighted by molar-refractivity contribution is 6.30. The molecule has 20 heavy (non-hydrogen) atoms. The first-order chi connectivity index (χ1) is 9.20. The summed E-state index contributed by atoms with van der Waals surface area (Å²) >= 11 is 5.83. The number of rotatable bonds is 4. The minimum Gasteiger partial charge on any atom is -0.394 e. The second kappa shape index (κ2) is 8.47. The summed E-state index contributed by atoms with van der Waals surface area (Å²) in [5.41, 5.74) is 0.870. The standard InChI is InChI=1S/C14H19ClN2O2.ClH/c15-12-3-1-10(2-4-12)13(9-18)17-14(19)11-5-7-16-8-6-11;/h1-4,11,13,16,18H,5-9H2,(H,17,19);1H. The molecule has 1 aliphatic rings. The van der Waals surface area contributed by atoms with E-state index in [1.165, 1.54) is 0 Å². The lowest BCUT2D eigenvalue weighted by molar-refractivity contribution is -0.126. The van der Waals surface area contributed by atoms with E-state index in [1.807, 2.05) is 12.1 Å². The topological polar surface area (TPSA) is 61.4 Å². The van der Waals surface area contributed by atoms with Gasteiger partial charge in [0.05, 0.1) is 12.6 Å². The average molecular weight is 319 g/mol. The van der Waals surface area contributed by atoms with Crippen LogP contribution in [-0.2, 0) is 4.79 Å². The van der Waals surface area contributed by atoms with Gasteiger partial charge in [-0.25, -0.2) is 0 Å². The highest BCUT2D eigenvalue weighted by Crippen LogP contribution is 2.18. The van der Waals surface area contributed by atoms with Crippen molar-refractivity contribution in [3.05, 3.63) is 34.9 Å². The molecule has 1 fully saturated rings. The molecule has 0 saturated carbocycles. The quantitative estimate of drug-likeness (QED) is 0.794. The Labute approximate surface area is 130 Å². The van der Waals surface area contributed by atoms with Crippen LogP contribution in [0.4, 0.5) is 0 Å². The number of aliphatic hydroxyl groups is 1. The van der Waals surface area contributed by atoms with Crippen LogP contribution in [0.15, 0.2) is 24.3 Å². The third-order valence-electron chi connectivity index (χ3n) is 3.48. The maximum atomic E-state index is 12.1. The lowest BCUT2D eigenvalue weighted by Crippen LogP contribution is -2.40. The molecule has 1 heterocycles. The van der Waals surface area contributed by atoms with Crippen molar-refractivity contribution in [3.8, 4) is 0 Å². The average Bonchev–Trinajstić information content (AvgIpc) is 2.46. The Kier molecular flexibility index (Phi) is 7.30. The lowest BCUT2D eigenvalue weighted by atomic mass is 9.96. The number of amides is 1. The highest BCUT2D eigenvalue weighted by atomic mass is 35.5. The van der Waals surface area contributed by atoms with E-state index in [9.17, 15) is 9.90 Å². The number of carbonyl (C=O) groups is 1. The Bertz CT molecular complexity index is 420. The largest absolute Gasteiger partial charge is 0.394 e. The predicted octanol–water partition coefficient (Wildman–Crippen LogP) is 1.91. The van der Waals surface area contributed by atoms with E-state index in [-0.39, 0.29) is 36.9 Å². The van der Waals surface area contributed by atoms with Gasteiger partial charge in [0, 0.05) is 10.9 Å². The van der Waals surface area contributed by atoms with Gasteiger partial charge < -0.3 is 15.7 Å². The smallest absolute Gasteiger partial charge is 0.223 e. The lowest BCUT2D eigenvalue weighted by Gasteiger charge is -2.25. The maximum absolute atomic E-state index is 12.1. The van der Waals surface area contributed by atoms with E-state index in [4.69, 9.17) is 11.6 Å². The highest BCUT2D eigenvalue weighted by Gasteiger charge is 2.23. The molecule has 1 unspecified atom stereocenters. The molecule has 1 aliphatic heterocycles. The summed E-state index contributed by atoms with van der Waals surface area (Å²) in [4.78, 5) is 12.1. The first-order valence-electron chi connectivity index (χ1n) is 6.58. The third kappa shape index (κ3) is 4.63. The number of halogens is 2. The zero-order valence-electron chi connectivity index (χ0n) is 11.1. The van der Waals surface area contributed by atoms with E-state index in [0.29, 0.717) is 5.02 Å². The van der Waals surface area contributed by atoms with E-state index < -0.39 is 0 Å². The van der Waals surface area contributed by atoms with Gasteiger partial charge in [0.2, 0.25) is 5.91 Å². The molecule has 0 spiro atoms. The van der Waals surface area contributed by atoms with Gasteiger partial charge in [0.25, 0.3) is 0 Å². The molecule has 0 bridgehead atoms. The molecule has 0 aliphatic carbocycles. The van der Waals surface area contributed by atoms with Gasteiger partial charge in [-0.1, -0.05) is 23.7 Å². The molecule has 1 atom stereocenters. The molecule has 1 amide bonds. The first kappa shape index (κ1) is 17.2. The van der Waals surface area contributed by atoms with Gasteiger partial charge in [-0.3, -0.25) is 4.79 Å². The molecule has 0 radical (unpaired) electrons. The fraction of sp³-hybridized carbons (Fsp3) is 0.500. The number of hydrogen-bond acceptors (Lipinski definition) is 3. The van der Waals surface area contributed by atoms with E-state index in [2.05, 4.69) is 10.6 Å². The number of piperidine rings is 1. The normalized spacial score (nSPS) is 17.1. The van der Waals surface area contributed by atoms with Crippen molar-refractivity contribution in [1.29, 1.82) is 0 Å². The summed E-state index contributed by atoms with van der Waals surface area (Å²) in [7, 11) is 0. The van der Waals surface area contributed by atoms with Crippen LogP contribution < -0.4 is 10.6 Å². The zero-order valence-corrected chi connectivity index (χ0v) is 12.7. The molecule has 3 N–H and O–H groups in total. The van der Waals surface area contributed by atoms with Crippen molar-refractivity contribution in [3.63, 3.8) is 0 Å². The molecule has 0 aromatic heterocycles. The molecule has 1 aromatic rings. The number of benzene rings is 1. The van der Waals surface area contributed by atoms with Gasteiger partial charge >= 0.3 is 0 Å². The van der Waals surface area contributed by atoms with E-state index in [1.54, 1.807) is 12.1 Å². The fourth-order valence-electron chi connectivity index (χ4n) is 2.30. The van der Waals surface area contributed by atoms with Crippen LogP contribution in [0.5, 0.6) is 0 Å². The predicted molar refractivity (Wildman–Crippen MR) is 82.3 cm³/mol. The maximum Gasteiger partial charge on any atom is 0.223 e. The van der Waals surface area contributed by atoms with Gasteiger partial charge in [0.15, 0.2) is 0 Å². The molecular formula is C14H20Cl2N2O2. The van der Waals surface area contributed by atoms with Crippen molar-refractivity contribution in [1.82, 2.24) is 10.6 Å². The van der Waals surface area contributed by atoms with Crippen LogP contribution in [0.2, 0.25) is 5.02 Å². The third-order valence-corrected chi connectivity index (χ3v) is 3.73. The Morgan fingerprint density at radius 2 is 1.95 bits per heavy atom. The molecule has 2 rings (SSSR count). The zero-order chi connectivity index (χ0) is 13.7. The number of hydrogen-bond donors (Lipinski definition) is 3. The van der Waals surface area contributed by atoms with Crippen molar-refractivity contribution in [2.24, 2.45) is 5.92 Å². The Hall–Kier alpha value is -0.810. The molecule has 1 aromatic carbocycles. The number of carbonyl (C=O) groups excluding carboxylic acids is 1. The van der Waals surface area contributed by atoms with Crippen LogP contribution in [0.25, 0.3) is 0 Å². The van der Waals surface area contributed by atoms with Gasteiger partial charge in [-0.15, -0.1) is 12.4 Å². The van der Waals surface area contributed by atoms with Crippen molar-refractivity contribution in [2.45, 2.75) is 18.9 Å². The van der Waals surface area contributed by atoms with Crippen LogP contribution in [0, 0.1) is 5.92 Å². The Balaban J connectivity index is 0.00000200. The summed E-state index contributed by atoms with van der Waals surface area (Å²) in [6.45, 7) is 1.64. The van der Waals surface area contributed by atoms with Crippen molar-refractivity contribution >= 4 is 29.9 Å². The summed E-state index contributed by atoms with van der Waals surface area (Å²) in [6, 6.07) is 6.81. The fourth-order valence-corrected chi connectivity index (χ4v) is 2.43. The summed E-state index contributed by atoms with van der Waals surface area (Å²) in [5.74, 6) is 0.0677. The Morgan fingerprint density at radius 1 is 1.35 bits per heavy atom. The second-order valence-electron chi connectivity index (χ2n) is 4.82. The van der Waals surface area contributed by atoms with Crippen LogP contribution >= 0.6 is 24.0 Å². The number of nitrogens with one attached hydrogen (secondary N) is 2. The molecule has 6 heteroatoms. The van der Waals surface area contributed by atoms with E-state index in [0.717, 1.165) is 31.5 Å². The van der Waals surface area contributed by atoms with Crippen molar-refractivity contribution in [2.75, 3.05) is 19.7 Å². The minimum absolute atomic E-state index is 0. The SMILES string of the molecule is Cl.O=C(NC(CO)c1ccc(Cl)cc1)C1CCNCC1. The summed E-state index contributed by atoms with van der Waals surface area (Å²) in [6.07, 6.45) is 1.70. The molecule has 1 saturated heterocycles.